The lowest BCUT2D eigenvalue weighted by atomic mass is 10.1. The predicted molar refractivity (Wildman–Crippen MR) is 73.1 cm³/mol. The average Bonchev–Trinajstić information content (AvgIpc) is 2.33. The summed E-state index contributed by atoms with van der Waals surface area (Å²) < 4.78 is 0.998. The summed E-state index contributed by atoms with van der Waals surface area (Å²) in [5, 5.41) is 9.49. The third-order valence-corrected chi connectivity index (χ3v) is 4.32. The van der Waals surface area contributed by atoms with E-state index >= 15 is 0 Å². The third-order valence-electron chi connectivity index (χ3n) is 2.32. The number of aliphatic hydroxyl groups excluding tert-OH is 1. The summed E-state index contributed by atoms with van der Waals surface area (Å²) in [5.74, 6) is 0. The van der Waals surface area contributed by atoms with Gasteiger partial charge >= 0.3 is 0 Å². The Balaban J connectivity index is 2.23. The van der Waals surface area contributed by atoms with Gasteiger partial charge in [0.25, 0.3) is 0 Å². The van der Waals surface area contributed by atoms with Crippen LogP contribution in [0.5, 0.6) is 0 Å². The van der Waals surface area contributed by atoms with Crippen molar-refractivity contribution >= 4 is 27.7 Å². The molecule has 1 atom stereocenters. The first-order chi connectivity index (χ1) is 8.16. The van der Waals surface area contributed by atoms with E-state index in [1.54, 1.807) is 31.1 Å². The van der Waals surface area contributed by atoms with Crippen molar-refractivity contribution < 1.29 is 5.11 Å². The maximum atomic E-state index is 9.49. The molecule has 0 radical (unpaired) electrons. The minimum absolute atomic E-state index is 0.439. The average molecular weight is 310 g/mol. The van der Waals surface area contributed by atoms with E-state index in [-0.39, 0.29) is 0 Å². The lowest BCUT2D eigenvalue weighted by Crippen LogP contribution is -1.90. The molecule has 1 N–H and O–H groups in total. The van der Waals surface area contributed by atoms with E-state index in [0.29, 0.717) is 0 Å². The fraction of sp³-hybridized carbons (Fsp3) is 0.154. The van der Waals surface area contributed by atoms with Crippen LogP contribution < -0.4 is 0 Å². The zero-order valence-electron chi connectivity index (χ0n) is 9.30. The van der Waals surface area contributed by atoms with Gasteiger partial charge in [-0.15, -0.1) is 0 Å². The van der Waals surface area contributed by atoms with Gasteiger partial charge in [0.1, 0.15) is 0 Å². The minimum Gasteiger partial charge on any atom is -0.389 e. The lowest BCUT2D eigenvalue weighted by Gasteiger charge is -2.08. The van der Waals surface area contributed by atoms with E-state index in [2.05, 4.69) is 20.9 Å². The Labute approximate surface area is 113 Å². The van der Waals surface area contributed by atoms with Gasteiger partial charge in [0.15, 0.2) is 0 Å². The van der Waals surface area contributed by atoms with Crippen LogP contribution in [0, 0.1) is 0 Å². The van der Waals surface area contributed by atoms with Crippen LogP contribution in [0.3, 0.4) is 0 Å². The molecule has 17 heavy (non-hydrogen) atoms. The zero-order chi connectivity index (χ0) is 12.3. The molecule has 0 aliphatic heterocycles. The fourth-order valence-corrected chi connectivity index (χ4v) is 2.84. The van der Waals surface area contributed by atoms with Gasteiger partial charge in [0.05, 0.1) is 6.10 Å². The Morgan fingerprint density at radius 2 is 1.94 bits per heavy atom. The van der Waals surface area contributed by atoms with Crippen molar-refractivity contribution in [3.05, 3.63) is 52.8 Å². The van der Waals surface area contributed by atoms with E-state index in [9.17, 15) is 5.11 Å². The smallest absolute Gasteiger partial charge is 0.0762 e. The molecule has 0 aliphatic carbocycles. The van der Waals surface area contributed by atoms with Gasteiger partial charge in [0.2, 0.25) is 0 Å². The molecule has 2 aromatic rings. The van der Waals surface area contributed by atoms with Crippen molar-refractivity contribution in [2.75, 3.05) is 0 Å². The van der Waals surface area contributed by atoms with Crippen LogP contribution in [0.2, 0.25) is 0 Å². The highest BCUT2D eigenvalue weighted by Crippen LogP contribution is 2.34. The van der Waals surface area contributed by atoms with Crippen LogP contribution in [0.4, 0.5) is 0 Å². The summed E-state index contributed by atoms with van der Waals surface area (Å²) >= 11 is 5.19. The van der Waals surface area contributed by atoms with Crippen LogP contribution >= 0.6 is 27.7 Å². The molecule has 0 amide bonds. The van der Waals surface area contributed by atoms with Crippen LogP contribution in [0.15, 0.2) is 57.0 Å². The molecule has 0 aliphatic rings. The highest BCUT2D eigenvalue weighted by atomic mass is 79.9. The van der Waals surface area contributed by atoms with Gasteiger partial charge in [-0.2, -0.15) is 0 Å². The molecule has 2 rings (SSSR count). The second-order valence-corrected chi connectivity index (χ2v) is 5.62. The number of hydrogen-bond acceptors (Lipinski definition) is 3. The Hall–Kier alpha value is -0.840. The van der Waals surface area contributed by atoms with Gasteiger partial charge < -0.3 is 5.11 Å². The van der Waals surface area contributed by atoms with E-state index in [1.165, 1.54) is 0 Å². The molecule has 88 valence electrons. The summed E-state index contributed by atoms with van der Waals surface area (Å²) in [5.41, 5.74) is 0.913. The second-order valence-electron chi connectivity index (χ2n) is 3.65. The highest BCUT2D eigenvalue weighted by Gasteiger charge is 2.06. The van der Waals surface area contributed by atoms with Crippen molar-refractivity contribution in [3.8, 4) is 0 Å². The molecule has 1 aromatic heterocycles. The first kappa shape index (κ1) is 12.6. The number of halogens is 1. The number of hydrogen-bond donors (Lipinski definition) is 1. The monoisotopic (exact) mass is 309 g/mol. The molecule has 0 saturated carbocycles. The summed E-state index contributed by atoms with van der Waals surface area (Å²) in [6.07, 6.45) is 3.12. The van der Waals surface area contributed by atoms with Crippen LogP contribution in [0.1, 0.15) is 18.6 Å². The number of pyridine rings is 1. The molecular formula is C13H12BrNOS. The van der Waals surface area contributed by atoms with Gasteiger partial charge in [-0.05, 0) is 52.7 Å². The number of rotatable bonds is 3. The first-order valence-corrected chi connectivity index (χ1v) is 6.83. The molecule has 1 aromatic carbocycles. The molecule has 0 spiro atoms. The Bertz CT molecular complexity index is 502. The number of benzene rings is 1. The van der Waals surface area contributed by atoms with Gasteiger partial charge in [-0.1, -0.05) is 17.8 Å². The molecule has 4 heteroatoms. The quantitative estimate of drug-likeness (QED) is 0.928. The number of aromatic nitrogens is 1. The molecule has 0 bridgehead atoms. The SMILES string of the molecule is C[C@H](O)c1ccc(Sc2ccncc2)c(Br)c1. The van der Waals surface area contributed by atoms with E-state index in [1.807, 2.05) is 30.3 Å². The van der Waals surface area contributed by atoms with Crippen molar-refractivity contribution in [2.45, 2.75) is 22.8 Å². The molecule has 0 saturated heterocycles. The van der Waals surface area contributed by atoms with Crippen molar-refractivity contribution in [2.24, 2.45) is 0 Å². The lowest BCUT2D eigenvalue weighted by molar-refractivity contribution is 0.199. The predicted octanol–water partition coefficient (Wildman–Crippen LogP) is 4.05. The highest BCUT2D eigenvalue weighted by molar-refractivity contribution is 9.10. The summed E-state index contributed by atoms with van der Waals surface area (Å²) in [6, 6.07) is 9.85. The van der Waals surface area contributed by atoms with Crippen molar-refractivity contribution in [3.63, 3.8) is 0 Å². The maximum Gasteiger partial charge on any atom is 0.0762 e. The first-order valence-electron chi connectivity index (χ1n) is 5.22. The molecule has 2 nitrogen and oxygen atoms in total. The van der Waals surface area contributed by atoms with E-state index in [4.69, 9.17) is 0 Å². The Kier molecular flexibility index (Phi) is 4.20. The van der Waals surface area contributed by atoms with E-state index in [0.717, 1.165) is 19.8 Å². The van der Waals surface area contributed by atoms with E-state index < -0.39 is 6.10 Å². The standard InChI is InChI=1S/C13H12BrNOS/c1-9(16)10-2-3-13(12(14)8-10)17-11-4-6-15-7-5-11/h2-9,16H,1H3/t9-/m0/s1. The van der Waals surface area contributed by atoms with Crippen LogP contribution in [-0.2, 0) is 0 Å². The summed E-state index contributed by atoms with van der Waals surface area (Å²) in [7, 11) is 0. The Morgan fingerprint density at radius 3 is 2.53 bits per heavy atom. The largest absolute Gasteiger partial charge is 0.389 e. The number of nitrogens with zero attached hydrogens (tertiary/aromatic N) is 1. The minimum atomic E-state index is -0.439. The van der Waals surface area contributed by atoms with Gasteiger partial charge in [-0.3, -0.25) is 4.98 Å². The summed E-state index contributed by atoms with van der Waals surface area (Å²) in [6.45, 7) is 1.76. The number of aliphatic hydroxyl groups is 1. The second kappa shape index (κ2) is 5.67. The topological polar surface area (TPSA) is 33.1 Å². The fourth-order valence-electron chi connectivity index (χ4n) is 1.39. The zero-order valence-corrected chi connectivity index (χ0v) is 11.7. The molecular weight excluding hydrogens is 298 g/mol. The van der Waals surface area contributed by atoms with Crippen LogP contribution in [0.25, 0.3) is 0 Å². The normalized spacial score (nSPS) is 12.4. The van der Waals surface area contributed by atoms with Crippen molar-refractivity contribution in [1.82, 2.24) is 4.98 Å². The molecule has 0 unspecified atom stereocenters. The molecule has 0 fully saturated rings. The van der Waals surface area contributed by atoms with Crippen molar-refractivity contribution in [1.29, 1.82) is 0 Å². The Morgan fingerprint density at radius 1 is 1.24 bits per heavy atom. The van der Waals surface area contributed by atoms with Crippen LogP contribution in [-0.4, -0.2) is 10.1 Å². The molecule has 1 heterocycles. The maximum absolute atomic E-state index is 9.49. The van der Waals surface area contributed by atoms with Gasteiger partial charge in [0, 0.05) is 26.7 Å². The van der Waals surface area contributed by atoms with Gasteiger partial charge in [-0.25, -0.2) is 0 Å². The summed E-state index contributed by atoms with van der Waals surface area (Å²) in [4.78, 5) is 6.26. The third kappa shape index (κ3) is 3.31.